The molecule has 2 aromatic rings. The van der Waals surface area contributed by atoms with Crippen molar-refractivity contribution in [2.45, 2.75) is 6.42 Å². The Morgan fingerprint density at radius 1 is 1.47 bits per heavy atom. The smallest absolute Gasteiger partial charge is 0.352 e. The second-order valence-electron chi connectivity index (χ2n) is 3.60. The van der Waals surface area contributed by atoms with E-state index in [4.69, 9.17) is 17.3 Å². The minimum Gasteiger partial charge on any atom is -0.378 e. The lowest BCUT2D eigenvalue weighted by molar-refractivity contribution is -0.383. The molecule has 2 heterocycles. The first kappa shape index (κ1) is 13.5. The molecule has 7 nitrogen and oxygen atoms in total. The molecule has 0 spiro atoms. The first-order valence-corrected chi connectivity index (χ1v) is 6.50. The summed E-state index contributed by atoms with van der Waals surface area (Å²) in [5, 5.41) is 13.8. The highest BCUT2D eigenvalue weighted by Gasteiger charge is 2.20. The monoisotopic (exact) mass is 299 g/mol. The molecule has 0 radical (unpaired) electrons. The van der Waals surface area contributed by atoms with Crippen molar-refractivity contribution in [2.24, 2.45) is 0 Å². The molecular weight excluding hydrogens is 290 g/mol. The molecule has 0 amide bonds. The number of nitrogen functional groups attached to an aromatic ring is 1. The lowest BCUT2D eigenvalue weighted by Gasteiger charge is -2.05. The van der Waals surface area contributed by atoms with Crippen molar-refractivity contribution >= 4 is 40.3 Å². The number of rotatable bonds is 5. The molecule has 0 unspecified atom stereocenters. The zero-order valence-electron chi connectivity index (χ0n) is 9.67. The van der Waals surface area contributed by atoms with Crippen LogP contribution in [0.25, 0.3) is 0 Å². The van der Waals surface area contributed by atoms with E-state index in [0.717, 1.165) is 4.88 Å². The van der Waals surface area contributed by atoms with Gasteiger partial charge in [0.1, 0.15) is 6.33 Å². The molecule has 0 aliphatic heterocycles. The van der Waals surface area contributed by atoms with Gasteiger partial charge >= 0.3 is 5.69 Å². The summed E-state index contributed by atoms with van der Waals surface area (Å²) in [5.41, 5.74) is 5.16. The lowest BCUT2D eigenvalue weighted by atomic mass is 10.3. The van der Waals surface area contributed by atoms with Crippen molar-refractivity contribution in [1.29, 1.82) is 0 Å². The molecule has 0 atom stereocenters. The van der Waals surface area contributed by atoms with Crippen LogP contribution >= 0.6 is 22.9 Å². The summed E-state index contributed by atoms with van der Waals surface area (Å²) in [4.78, 5) is 18.8. The maximum absolute atomic E-state index is 10.9. The van der Waals surface area contributed by atoms with E-state index in [1.54, 1.807) is 0 Å². The number of thiophene rings is 1. The average molecular weight is 300 g/mol. The molecular formula is C10H10ClN5O2S. The summed E-state index contributed by atoms with van der Waals surface area (Å²) in [6, 6.07) is 3.73. The Morgan fingerprint density at radius 2 is 2.26 bits per heavy atom. The molecule has 2 rings (SSSR count). The number of nitrogens with two attached hydrogens (primary N) is 1. The summed E-state index contributed by atoms with van der Waals surface area (Å²) >= 11 is 7.29. The van der Waals surface area contributed by atoms with Gasteiger partial charge in [-0.25, -0.2) is 9.97 Å². The number of nitrogens with zero attached hydrogens (tertiary/aromatic N) is 3. The molecule has 0 aromatic carbocycles. The maximum Gasteiger partial charge on any atom is 0.352 e. The summed E-state index contributed by atoms with van der Waals surface area (Å²) in [5.74, 6) is -0.0261. The van der Waals surface area contributed by atoms with Gasteiger partial charge in [-0.15, -0.1) is 11.3 Å². The first-order valence-electron chi connectivity index (χ1n) is 5.31. The second kappa shape index (κ2) is 5.81. The van der Waals surface area contributed by atoms with E-state index < -0.39 is 4.92 Å². The van der Waals surface area contributed by atoms with Crippen molar-refractivity contribution in [2.75, 3.05) is 17.6 Å². The largest absolute Gasteiger partial charge is 0.378 e. The van der Waals surface area contributed by atoms with Crippen molar-refractivity contribution in [1.82, 2.24) is 9.97 Å². The van der Waals surface area contributed by atoms with Gasteiger partial charge in [-0.1, -0.05) is 11.6 Å². The Balaban J connectivity index is 2.03. The third-order valence-electron chi connectivity index (χ3n) is 2.33. The van der Waals surface area contributed by atoms with E-state index in [2.05, 4.69) is 15.3 Å². The number of nitro groups is 1. The average Bonchev–Trinajstić information content (AvgIpc) is 2.74. The molecule has 0 aliphatic rings. The van der Waals surface area contributed by atoms with E-state index in [9.17, 15) is 10.1 Å². The normalized spacial score (nSPS) is 10.4. The summed E-state index contributed by atoms with van der Waals surface area (Å²) in [6.07, 6.45) is 1.88. The number of hydrogen-bond donors (Lipinski definition) is 2. The Labute approximate surface area is 117 Å². The van der Waals surface area contributed by atoms with Crippen molar-refractivity contribution in [3.05, 3.63) is 37.8 Å². The van der Waals surface area contributed by atoms with Crippen LogP contribution < -0.4 is 11.1 Å². The number of anilines is 2. The van der Waals surface area contributed by atoms with Gasteiger partial charge in [0, 0.05) is 11.4 Å². The van der Waals surface area contributed by atoms with Crippen molar-refractivity contribution < 1.29 is 4.92 Å². The van der Waals surface area contributed by atoms with Crippen LogP contribution in [0, 0.1) is 10.1 Å². The van der Waals surface area contributed by atoms with Crippen LogP contribution in [0.1, 0.15) is 4.88 Å². The van der Waals surface area contributed by atoms with Gasteiger partial charge in [-0.3, -0.25) is 10.1 Å². The first-order chi connectivity index (χ1) is 9.08. The predicted molar refractivity (Wildman–Crippen MR) is 74.6 cm³/mol. The van der Waals surface area contributed by atoms with Crippen LogP contribution in [0.4, 0.5) is 17.3 Å². The molecule has 0 aliphatic carbocycles. The van der Waals surface area contributed by atoms with Crippen LogP contribution in [0.5, 0.6) is 0 Å². The Hall–Kier alpha value is -1.93. The Morgan fingerprint density at radius 3 is 2.89 bits per heavy atom. The quantitative estimate of drug-likeness (QED) is 0.648. The van der Waals surface area contributed by atoms with E-state index in [-0.39, 0.29) is 17.3 Å². The molecule has 0 saturated carbocycles. The SMILES string of the molecule is Nc1ncnc(NCCc2ccc(Cl)s2)c1[N+](=O)[O-]. The molecule has 0 saturated heterocycles. The predicted octanol–water partition coefficient (Wildman–Crippen LogP) is 2.34. The summed E-state index contributed by atoms with van der Waals surface area (Å²) in [7, 11) is 0. The fourth-order valence-corrected chi connectivity index (χ4v) is 2.58. The Bertz CT molecular complexity index is 603. The molecule has 0 fully saturated rings. The van der Waals surface area contributed by atoms with Crippen LogP contribution in [0.3, 0.4) is 0 Å². The number of nitrogens with one attached hydrogen (secondary N) is 1. The third-order valence-corrected chi connectivity index (χ3v) is 3.62. The van der Waals surface area contributed by atoms with Crippen molar-refractivity contribution in [3.63, 3.8) is 0 Å². The van der Waals surface area contributed by atoms with Gasteiger partial charge in [0.25, 0.3) is 0 Å². The number of hydrogen-bond acceptors (Lipinski definition) is 7. The fourth-order valence-electron chi connectivity index (χ4n) is 1.49. The van der Waals surface area contributed by atoms with Gasteiger partial charge in [0.05, 0.1) is 9.26 Å². The zero-order chi connectivity index (χ0) is 13.8. The van der Waals surface area contributed by atoms with Gasteiger partial charge in [0.2, 0.25) is 11.6 Å². The number of aromatic nitrogens is 2. The lowest BCUT2D eigenvalue weighted by Crippen LogP contribution is -2.10. The van der Waals surface area contributed by atoms with E-state index in [1.807, 2.05) is 12.1 Å². The Kier molecular flexibility index (Phi) is 4.13. The highest BCUT2D eigenvalue weighted by Crippen LogP contribution is 2.26. The highest BCUT2D eigenvalue weighted by molar-refractivity contribution is 7.16. The van der Waals surface area contributed by atoms with Gasteiger partial charge in [-0.05, 0) is 18.6 Å². The van der Waals surface area contributed by atoms with E-state index in [0.29, 0.717) is 17.3 Å². The topological polar surface area (TPSA) is 107 Å². The van der Waals surface area contributed by atoms with Gasteiger partial charge < -0.3 is 11.1 Å². The summed E-state index contributed by atoms with van der Waals surface area (Å²) in [6.45, 7) is 0.494. The minimum atomic E-state index is -0.598. The van der Waals surface area contributed by atoms with Gasteiger partial charge in [0.15, 0.2) is 0 Å². The van der Waals surface area contributed by atoms with Crippen LogP contribution in [-0.4, -0.2) is 21.4 Å². The van der Waals surface area contributed by atoms with Crippen molar-refractivity contribution in [3.8, 4) is 0 Å². The van der Waals surface area contributed by atoms with Crippen LogP contribution in [0.15, 0.2) is 18.5 Å². The highest BCUT2D eigenvalue weighted by atomic mass is 35.5. The van der Waals surface area contributed by atoms with Crippen LogP contribution in [-0.2, 0) is 6.42 Å². The zero-order valence-corrected chi connectivity index (χ0v) is 11.2. The second-order valence-corrected chi connectivity index (χ2v) is 5.40. The molecule has 0 bridgehead atoms. The number of halogens is 1. The van der Waals surface area contributed by atoms with E-state index in [1.165, 1.54) is 17.7 Å². The minimum absolute atomic E-state index is 0.125. The third kappa shape index (κ3) is 3.30. The van der Waals surface area contributed by atoms with Gasteiger partial charge in [-0.2, -0.15) is 0 Å². The molecule has 3 N–H and O–H groups in total. The summed E-state index contributed by atoms with van der Waals surface area (Å²) < 4.78 is 0.715. The fraction of sp³-hybridized carbons (Fsp3) is 0.200. The maximum atomic E-state index is 10.9. The molecule has 9 heteroatoms. The molecule has 2 aromatic heterocycles. The standard InChI is InChI=1S/C10H10ClN5O2S/c11-7-2-1-6(19-7)3-4-13-10-8(16(17)18)9(12)14-5-15-10/h1-2,5H,3-4H2,(H3,12,13,14,15). The van der Waals surface area contributed by atoms with E-state index >= 15 is 0 Å². The molecule has 19 heavy (non-hydrogen) atoms. The molecule has 100 valence electrons. The van der Waals surface area contributed by atoms with Crippen LogP contribution in [0.2, 0.25) is 4.34 Å².